The van der Waals surface area contributed by atoms with Crippen LogP contribution in [-0.2, 0) is 17.6 Å². The summed E-state index contributed by atoms with van der Waals surface area (Å²) in [7, 11) is 0. The molecular formula is C24H22N2O3S. The van der Waals surface area contributed by atoms with E-state index in [2.05, 4.69) is 35.9 Å². The maximum absolute atomic E-state index is 11.9. The Morgan fingerprint density at radius 1 is 1.10 bits per heavy atom. The molecule has 30 heavy (non-hydrogen) atoms. The normalized spacial score (nSPS) is 12.1. The predicted molar refractivity (Wildman–Crippen MR) is 119 cm³/mol. The van der Waals surface area contributed by atoms with Crippen molar-refractivity contribution < 1.29 is 14.6 Å². The van der Waals surface area contributed by atoms with Gasteiger partial charge in [0.2, 0.25) is 12.0 Å². The quantitative estimate of drug-likeness (QED) is 0.441. The van der Waals surface area contributed by atoms with Crippen LogP contribution in [-0.4, -0.2) is 27.1 Å². The van der Waals surface area contributed by atoms with E-state index >= 15 is 0 Å². The van der Waals surface area contributed by atoms with E-state index in [0.717, 1.165) is 38.9 Å². The minimum atomic E-state index is -1.04. The Balaban J connectivity index is 1.82. The van der Waals surface area contributed by atoms with Gasteiger partial charge in [0.25, 0.3) is 0 Å². The first-order valence-corrected chi connectivity index (χ1v) is 10.7. The highest BCUT2D eigenvalue weighted by Gasteiger charge is 2.25. The largest absolute Gasteiger partial charge is 0.478 e. The number of carboxylic acid groups (broad SMARTS) is 1. The van der Waals surface area contributed by atoms with Gasteiger partial charge in [-0.2, -0.15) is 0 Å². The molecule has 0 aliphatic carbocycles. The van der Waals surface area contributed by atoms with Gasteiger partial charge in [-0.05, 0) is 30.0 Å². The number of thiophene rings is 1. The molecule has 0 aliphatic heterocycles. The van der Waals surface area contributed by atoms with Crippen LogP contribution in [0.3, 0.4) is 0 Å². The first-order valence-electron chi connectivity index (χ1n) is 9.84. The summed E-state index contributed by atoms with van der Waals surface area (Å²) < 4.78 is 6.01. The van der Waals surface area contributed by atoms with Gasteiger partial charge in [-0.15, -0.1) is 11.3 Å². The van der Waals surface area contributed by atoms with E-state index < -0.39 is 12.1 Å². The number of aromatic nitrogens is 2. The van der Waals surface area contributed by atoms with Crippen molar-refractivity contribution >= 4 is 27.5 Å². The Labute approximate surface area is 179 Å². The average molecular weight is 419 g/mol. The van der Waals surface area contributed by atoms with Crippen molar-refractivity contribution in [3.05, 3.63) is 76.9 Å². The molecule has 0 saturated heterocycles. The molecule has 0 aliphatic rings. The summed E-state index contributed by atoms with van der Waals surface area (Å²) in [5.41, 5.74) is 4.17. The van der Waals surface area contributed by atoms with Crippen molar-refractivity contribution in [3.63, 3.8) is 0 Å². The molecule has 5 nitrogen and oxygen atoms in total. The number of fused-ring (bicyclic) bond motifs is 1. The van der Waals surface area contributed by atoms with E-state index in [-0.39, 0.29) is 6.42 Å². The number of nitrogens with zero attached hydrogens (tertiary/aromatic N) is 2. The van der Waals surface area contributed by atoms with E-state index in [9.17, 15) is 9.90 Å². The van der Waals surface area contributed by atoms with Crippen LogP contribution in [0.25, 0.3) is 21.3 Å². The van der Waals surface area contributed by atoms with Crippen molar-refractivity contribution in [1.82, 2.24) is 9.97 Å². The summed E-state index contributed by atoms with van der Waals surface area (Å²) in [4.78, 5) is 22.7. The summed E-state index contributed by atoms with van der Waals surface area (Å²) in [6.45, 7) is 4.17. The first-order chi connectivity index (χ1) is 14.6. The minimum absolute atomic E-state index is 0.256. The molecule has 6 heteroatoms. The van der Waals surface area contributed by atoms with Gasteiger partial charge in [0.15, 0.2) is 0 Å². The Bertz CT molecular complexity index is 1190. The molecular weight excluding hydrogens is 396 g/mol. The summed E-state index contributed by atoms with van der Waals surface area (Å²) in [5.74, 6) is -0.702. The SMILES string of the molecule is CCc1sc2ncnc(O[C@H](Cc3ccccc3)C(=O)O)c2c1-c1ccccc1C. The van der Waals surface area contributed by atoms with Crippen LogP contribution in [0.2, 0.25) is 0 Å². The van der Waals surface area contributed by atoms with Gasteiger partial charge in [-0.25, -0.2) is 14.8 Å². The van der Waals surface area contributed by atoms with Crippen LogP contribution in [0.1, 0.15) is 22.9 Å². The third-order valence-electron chi connectivity index (χ3n) is 5.06. The lowest BCUT2D eigenvalue weighted by molar-refractivity contribution is -0.145. The molecule has 0 saturated carbocycles. The number of aryl methyl sites for hydroxylation is 2. The summed E-state index contributed by atoms with van der Waals surface area (Å²) in [5, 5.41) is 10.6. The number of hydrogen-bond acceptors (Lipinski definition) is 5. The molecule has 2 aromatic carbocycles. The highest BCUT2D eigenvalue weighted by molar-refractivity contribution is 7.19. The smallest absolute Gasteiger partial charge is 0.345 e. The molecule has 0 fully saturated rings. The molecule has 0 bridgehead atoms. The first kappa shape index (κ1) is 20.0. The van der Waals surface area contributed by atoms with Crippen molar-refractivity contribution in [2.75, 3.05) is 0 Å². The number of carbonyl (C=O) groups is 1. The summed E-state index contributed by atoms with van der Waals surface area (Å²) in [6, 6.07) is 17.6. The molecule has 4 aromatic rings. The molecule has 4 rings (SSSR count). The van der Waals surface area contributed by atoms with E-state index in [1.807, 2.05) is 42.5 Å². The van der Waals surface area contributed by atoms with Gasteiger partial charge in [-0.1, -0.05) is 61.5 Å². The fourth-order valence-corrected chi connectivity index (χ4v) is 4.65. The number of benzene rings is 2. The molecule has 0 radical (unpaired) electrons. The van der Waals surface area contributed by atoms with Gasteiger partial charge in [0.1, 0.15) is 11.2 Å². The second-order valence-electron chi connectivity index (χ2n) is 7.06. The number of ether oxygens (including phenoxy) is 1. The third kappa shape index (κ3) is 3.91. The molecule has 0 amide bonds. The second kappa shape index (κ2) is 8.63. The molecule has 152 valence electrons. The van der Waals surface area contributed by atoms with E-state index in [1.165, 1.54) is 11.2 Å². The zero-order valence-corrected chi connectivity index (χ0v) is 17.6. The van der Waals surface area contributed by atoms with Crippen molar-refractivity contribution in [2.45, 2.75) is 32.8 Å². The Hall–Kier alpha value is -3.25. The predicted octanol–water partition coefficient (Wildman–Crippen LogP) is 5.30. The zero-order valence-electron chi connectivity index (χ0n) is 16.8. The molecule has 2 aromatic heterocycles. The van der Waals surface area contributed by atoms with Crippen LogP contribution in [0.15, 0.2) is 60.9 Å². The van der Waals surface area contributed by atoms with Crippen molar-refractivity contribution in [1.29, 1.82) is 0 Å². The van der Waals surface area contributed by atoms with Crippen LogP contribution < -0.4 is 4.74 Å². The molecule has 1 atom stereocenters. The molecule has 2 heterocycles. The van der Waals surface area contributed by atoms with Crippen LogP contribution in [0.5, 0.6) is 5.88 Å². The van der Waals surface area contributed by atoms with Crippen molar-refractivity contribution in [2.24, 2.45) is 0 Å². The lowest BCUT2D eigenvalue weighted by Crippen LogP contribution is -2.29. The number of carboxylic acids is 1. The van der Waals surface area contributed by atoms with Gasteiger partial charge in [0.05, 0.1) is 5.39 Å². The minimum Gasteiger partial charge on any atom is -0.478 e. The summed E-state index contributed by atoms with van der Waals surface area (Å²) >= 11 is 1.60. The fourth-order valence-electron chi connectivity index (χ4n) is 3.57. The van der Waals surface area contributed by atoms with Crippen LogP contribution in [0.4, 0.5) is 0 Å². The topological polar surface area (TPSA) is 72.3 Å². The Morgan fingerprint density at radius 2 is 1.83 bits per heavy atom. The van der Waals surface area contributed by atoms with Crippen molar-refractivity contribution in [3.8, 4) is 17.0 Å². The van der Waals surface area contributed by atoms with Gasteiger partial charge < -0.3 is 9.84 Å². The van der Waals surface area contributed by atoms with Crippen LogP contribution >= 0.6 is 11.3 Å². The number of hydrogen-bond donors (Lipinski definition) is 1. The lowest BCUT2D eigenvalue weighted by Gasteiger charge is -2.16. The third-order valence-corrected chi connectivity index (χ3v) is 6.30. The fraction of sp³-hybridized carbons (Fsp3) is 0.208. The van der Waals surface area contributed by atoms with Gasteiger partial charge >= 0.3 is 5.97 Å². The highest BCUT2D eigenvalue weighted by Crippen LogP contribution is 2.43. The standard InChI is InChI=1S/C24H22N2O3S/c1-3-19-20(17-12-8-7-9-15(17)2)21-22(25-14-26-23(21)30-19)29-18(24(27)28)13-16-10-5-4-6-11-16/h4-12,14,18H,3,13H2,1-2H3,(H,27,28)/t18-/m1/s1. The zero-order chi connectivity index (χ0) is 21.1. The molecule has 1 N–H and O–H groups in total. The Morgan fingerprint density at radius 3 is 2.53 bits per heavy atom. The van der Waals surface area contributed by atoms with Crippen LogP contribution in [0, 0.1) is 6.92 Å². The highest BCUT2D eigenvalue weighted by atomic mass is 32.1. The molecule has 0 unspecified atom stereocenters. The van der Waals surface area contributed by atoms with Gasteiger partial charge in [-0.3, -0.25) is 0 Å². The molecule has 0 spiro atoms. The average Bonchev–Trinajstić information content (AvgIpc) is 3.14. The second-order valence-corrected chi connectivity index (χ2v) is 8.15. The number of rotatable bonds is 7. The lowest BCUT2D eigenvalue weighted by atomic mass is 9.98. The maximum atomic E-state index is 11.9. The van der Waals surface area contributed by atoms with E-state index in [4.69, 9.17) is 4.74 Å². The number of aliphatic carboxylic acids is 1. The summed E-state index contributed by atoms with van der Waals surface area (Å²) in [6.07, 6.45) is 1.50. The van der Waals surface area contributed by atoms with Gasteiger partial charge in [0, 0.05) is 16.9 Å². The Kier molecular flexibility index (Phi) is 5.77. The maximum Gasteiger partial charge on any atom is 0.345 e. The monoisotopic (exact) mass is 418 g/mol. The van der Waals surface area contributed by atoms with E-state index in [1.54, 1.807) is 11.3 Å². The van der Waals surface area contributed by atoms with E-state index in [0.29, 0.717) is 5.88 Å².